The maximum atomic E-state index is 12.2. The van der Waals surface area contributed by atoms with Crippen LogP contribution >= 0.6 is 0 Å². The van der Waals surface area contributed by atoms with Crippen molar-refractivity contribution in [1.29, 1.82) is 0 Å². The Morgan fingerprint density at radius 1 is 1.19 bits per heavy atom. The van der Waals surface area contributed by atoms with Gasteiger partial charge in [-0.15, -0.1) is 0 Å². The van der Waals surface area contributed by atoms with E-state index in [2.05, 4.69) is 12.1 Å². The molecule has 1 aromatic carbocycles. The number of nitrogens with zero attached hydrogens (tertiary/aromatic N) is 1. The number of hydrogen-bond acceptors (Lipinski definition) is 3. The monoisotopic (exact) mass is 285 g/mol. The zero-order chi connectivity index (χ0) is 14.7. The number of furan rings is 1. The van der Waals surface area contributed by atoms with Gasteiger partial charge in [0.2, 0.25) is 0 Å². The van der Waals surface area contributed by atoms with E-state index >= 15 is 0 Å². The lowest BCUT2D eigenvalue weighted by atomic mass is 9.89. The Morgan fingerprint density at radius 2 is 1.90 bits per heavy atom. The summed E-state index contributed by atoms with van der Waals surface area (Å²) in [7, 11) is 1.68. The van der Waals surface area contributed by atoms with Crippen molar-refractivity contribution in [2.24, 2.45) is 0 Å². The summed E-state index contributed by atoms with van der Waals surface area (Å²) in [4.78, 5) is 14.1. The molecular weight excluding hydrogens is 266 g/mol. The molecule has 3 rings (SSSR count). The maximum Gasteiger partial charge on any atom is 0.257 e. The van der Waals surface area contributed by atoms with Gasteiger partial charge in [0.15, 0.2) is 0 Å². The summed E-state index contributed by atoms with van der Waals surface area (Å²) < 4.78 is 10.2. The smallest absolute Gasteiger partial charge is 0.257 e. The van der Waals surface area contributed by atoms with Crippen molar-refractivity contribution in [3.63, 3.8) is 0 Å². The molecule has 0 saturated carbocycles. The van der Waals surface area contributed by atoms with Gasteiger partial charge in [0.25, 0.3) is 5.91 Å². The Balaban J connectivity index is 1.60. The number of rotatable bonds is 3. The fraction of sp³-hybridized carbons (Fsp3) is 0.353. The van der Waals surface area contributed by atoms with Crippen molar-refractivity contribution in [3.8, 4) is 5.75 Å². The van der Waals surface area contributed by atoms with E-state index in [0.717, 1.165) is 31.7 Å². The minimum absolute atomic E-state index is 0.0666. The molecule has 110 valence electrons. The summed E-state index contributed by atoms with van der Waals surface area (Å²) in [5.74, 6) is 1.47. The van der Waals surface area contributed by atoms with Gasteiger partial charge in [-0.25, -0.2) is 0 Å². The number of methoxy groups -OCH3 is 1. The summed E-state index contributed by atoms with van der Waals surface area (Å²) in [5.41, 5.74) is 1.96. The number of carbonyl (C=O) groups excluding carboxylic acids is 1. The predicted molar refractivity (Wildman–Crippen MR) is 79.6 cm³/mol. The molecule has 1 aliphatic rings. The number of hydrogen-bond donors (Lipinski definition) is 0. The molecule has 4 nitrogen and oxygen atoms in total. The van der Waals surface area contributed by atoms with Crippen LogP contribution in [0.1, 0.15) is 34.7 Å². The van der Waals surface area contributed by atoms with Gasteiger partial charge in [-0.3, -0.25) is 4.79 Å². The first-order valence-corrected chi connectivity index (χ1v) is 7.23. The highest BCUT2D eigenvalue weighted by Gasteiger charge is 2.24. The highest BCUT2D eigenvalue weighted by atomic mass is 16.5. The van der Waals surface area contributed by atoms with Crippen molar-refractivity contribution in [2.75, 3.05) is 20.2 Å². The third-order valence-electron chi connectivity index (χ3n) is 4.14. The van der Waals surface area contributed by atoms with Crippen molar-refractivity contribution in [2.45, 2.75) is 18.8 Å². The van der Waals surface area contributed by atoms with E-state index in [-0.39, 0.29) is 5.91 Å². The lowest BCUT2D eigenvalue weighted by molar-refractivity contribution is 0.0712. The second kappa shape index (κ2) is 6.04. The van der Waals surface area contributed by atoms with Crippen molar-refractivity contribution in [1.82, 2.24) is 4.90 Å². The summed E-state index contributed by atoms with van der Waals surface area (Å²) >= 11 is 0. The van der Waals surface area contributed by atoms with Gasteiger partial charge in [-0.1, -0.05) is 12.1 Å². The minimum Gasteiger partial charge on any atom is -0.497 e. The van der Waals surface area contributed by atoms with Crippen LogP contribution < -0.4 is 4.74 Å². The van der Waals surface area contributed by atoms with E-state index in [0.29, 0.717) is 11.5 Å². The maximum absolute atomic E-state index is 12.2. The van der Waals surface area contributed by atoms with Crippen LogP contribution in [-0.4, -0.2) is 31.0 Å². The summed E-state index contributed by atoms with van der Waals surface area (Å²) in [5, 5.41) is 0. The molecule has 1 aromatic heterocycles. The molecule has 1 amide bonds. The number of carbonyl (C=O) groups is 1. The van der Waals surface area contributed by atoms with Crippen LogP contribution in [0.15, 0.2) is 47.3 Å². The van der Waals surface area contributed by atoms with Crippen LogP contribution in [0.4, 0.5) is 0 Å². The Bertz CT molecular complexity index is 581. The van der Waals surface area contributed by atoms with Gasteiger partial charge in [-0.05, 0) is 42.5 Å². The lowest BCUT2D eigenvalue weighted by Gasteiger charge is -2.32. The molecule has 2 heterocycles. The molecule has 0 atom stereocenters. The van der Waals surface area contributed by atoms with E-state index in [1.807, 2.05) is 17.0 Å². The molecule has 21 heavy (non-hydrogen) atoms. The Morgan fingerprint density at radius 3 is 2.48 bits per heavy atom. The first kappa shape index (κ1) is 13.7. The fourth-order valence-electron chi connectivity index (χ4n) is 2.86. The highest BCUT2D eigenvalue weighted by Crippen LogP contribution is 2.29. The third-order valence-corrected chi connectivity index (χ3v) is 4.14. The predicted octanol–water partition coefficient (Wildman–Crippen LogP) is 3.31. The van der Waals surface area contributed by atoms with E-state index in [4.69, 9.17) is 9.15 Å². The normalized spacial score (nSPS) is 16.0. The second-order valence-corrected chi connectivity index (χ2v) is 5.35. The minimum atomic E-state index is 0.0666. The number of amides is 1. The van der Waals surface area contributed by atoms with Gasteiger partial charge in [0.05, 0.1) is 18.9 Å². The van der Waals surface area contributed by atoms with Gasteiger partial charge in [-0.2, -0.15) is 0 Å². The van der Waals surface area contributed by atoms with Crippen LogP contribution in [0.5, 0.6) is 5.75 Å². The van der Waals surface area contributed by atoms with E-state index in [1.54, 1.807) is 13.2 Å². The fourth-order valence-corrected chi connectivity index (χ4v) is 2.86. The quantitative estimate of drug-likeness (QED) is 0.869. The SMILES string of the molecule is COc1ccc(C2CCN(C(=O)c3ccoc3)CC2)cc1. The Hall–Kier alpha value is -2.23. The molecule has 4 heteroatoms. The molecule has 0 bridgehead atoms. The molecule has 2 aromatic rings. The van der Waals surface area contributed by atoms with Crippen LogP contribution in [0.25, 0.3) is 0 Å². The molecule has 0 spiro atoms. The van der Waals surface area contributed by atoms with Crippen LogP contribution in [-0.2, 0) is 0 Å². The van der Waals surface area contributed by atoms with Crippen molar-refractivity contribution in [3.05, 3.63) is 54.0 Å². The van der Waals surface area contributed by atoms with E-state index < -0.39 is 0 Å². The van der Waals surface area contributed by atoms with Crippen LogP contribution in [0, 0.1) is 0 Å². The molecule has 0 aliphatic carbocycles. The Kier molecular flexibility index (Phi) is 3.95. The van der Waals surface area contributed by atoms with E-state index in [9.17, 15) is 4.79 Å². The molecule has 0 unspecified atom stereocenters. The Labute approximate surface area is 124 Å². The summed E-state index contributed by atoms with van der Waals surface area (Å²) in [6.07, 6.45) is 5.04. The van der Waals surface area contributed by atoms with Gasteiger partial charge in [0.1, 0.15) is 12.0 Å². The van der Waals surface area contributed by atoms with Gasteiger partial charge >= 0.3 is 0 Å². The van der Waals surface area contributed by atoms with Crippen LogP contribution in [0.3, 0.4) is 0 Å². The molecule has 0 N–H and O–H groups in total. The number of benzene rings is 1. The second-order valence-electron chi connectivity index (χ2n) is 5.35. The largest absolute Gasteiger partial charge is 0.497 e. The third kappa shape index (κ3) is 2.94. The van der Waals surface area contributed by atoms with Crippen LogP contribution in [0.2, 0.25) is 0 Å². The molecule has 0 radical (unpaired) electrons. The highest BCUT2D eigenvalue weighted by molar-refractivity contribution is 5.93. The molecule has 1 aliphatic heterocycles. The van der Waals surface area contributed by atoms with Gasteiger partial charge in [0, 0.05) is 13.1 Å². The van der Waals surface area contributed by atoms with Crippen molar-refractivity contribution < 1.29 is 13.9 Å². The zero-order valence-corrected chi connectivity index (χ0v) is 12.1. The average Bonchev–Trinajstić information content (AvgIpc) is 3.09. The van der Waals surface area contributed by atoms with E-state index in [1.165, 1.54) is 18.1 Å². The standard InChI is InChI=1S/C17H19NO3/c1-20-16-4-2-13(3-5-16)14-6-9-18(10-7-14)17(19)15-8-11-21-12-15/h2-5,8,11-12,14H,6-7,9-10H2,1H3. The summed E-state index contributed by atoms with van der Waals surface area (Å²) in [6.45, 7) is 1.58. The average molecular weight is 285 g/mol. The lowest BCUT2D eigenvalue weighted by Crippen LogP contribution is -2.37. The number of piperidine rings is 1. The topological polar surface area (TPSA) is 42.7 Å². The first-order chi connectivity index (χ1) is 10.3. The zero-order valence-electron chi connectivity index (χ0n) is 12.1. The number of likely N-dealkylation sites (tertiary alicyclic amines) is 1. The molecule has 1 fully saturated rings. The van der Waals surface area contributed by atoms with Crippen molar-refractivity contribution >= 4 is 5.91 Å². The van der Waals surface area contributed by atoms with Gasteiger partial charge < -0.3 is 14.1 Å². The molecular formula is C17H19NO3. The molecule has 1 saturated heterocycles. The summed E-state index contributed by atoms with van der Waals surface area (Å²) in [6, 6.07) is 9.96. The number of ether oxygens (including phenoxy) is 1. The first-order valence-electron chi connectivity index (χ1n) is 7.23.